The van der Waals surface area contributed by atoms with Crippen LogP contribution >= 0.6 is 22.3 Å². The van der Waals surface area contributed by atoms with E-state index in [2.05, 4.69) is 0 Å². The zero-order chi connectivity index (χ0) is 13.2. The summed E-state index contributed by atoms with van der Waals surface area (Å²) in [6.07, 6.45) is 0. The Kier molecular flexibility index (Phi) is 4.69. The number of hydrogen-bond acceptors (Lipinski definition) is 3. The highest BCUT2D eigenvalue weighted by atomic mass is 35.7. The molecule has 0 heterocycles. The summed E-state index contributed by atoms with van der Waals surface area (Å²) >= 11 is 6.04. The molecule has 0 spiro atoms. The number of benzene rings is 1. The van der Waals surface area contributed by atoms with Gasteiger partial charge in [-0.25, -0.2) is 8.42 Å². The van der Waals surface area contributed by atoms with Gasteiger partial charge in [0.15, 0.2) is 0 Å². The van der Waals surface area contributed by atoms with E-state index in [4.69, 9.17) is 27.0 Å². The van der Waals surface area contributed by atoms with Gasteiger partial charge < -0.3 is 4.74 Å². The minimum Gasteiger partial charge on any atom is -0.495 e. The van der Waals surface area contributed by atoms with Crippen molar-refractivity contribution in [3.8, 4) is 5.75 Å². The van der Waals surface area contributed by atoms with Crippen molar-refractivity contribution >= 4 is 31.3 Å². The number of methoxy groups -OCH3 is 1. The van der Waals surface area contributed by atoms with Gasteiger partial charge >= 0.3 is 0 Å². The van der Waals surface area contributed by atoms with Crippen molar-refractivity contribution < 1.29 is 13.2 Å². The van der Waals surface area contributed by atoms with Crippen molar-refractivity contribution in [2.45, 2.75) is 25.5 Å². The third-order valence-corrected chi connectivity index (χ3v) is 3.61. The summed E-state index contributed by atoms with van der Waals surface area (Å²) in [5.74, 6) is 0.313. The number of ether oxygens (including phenoxy) is 1. The summed E-state index contributed by atoms with van der Waals surface area (Å²) < 4.78 is 27.4. The molecule has 0 saturated heterocycles. The second-order valence-electron chi connectivity index (χ2n) is 4.03. The van der Waals surface area contributed by atoms with Crippen LogP contribution in [0.1, 0.15) is 30.9 Å². The Morgan fingerprint density at radius 2 is 1.94 bits per heavy atom. The molecule has 0 N–H and O–H groups in total. The zero-order valence-electron chi connectivity index (χ0n) is 9.83. The van der Waals surface area contributed by atoms with E-state index >= 15 is 0 Å². The molecule has 0 saturated carbocycles. The van der Waals surface area contributed by atoms with Gasteiger partial charge in [-0.15, -0.1) is 0 Å². The van der Waals surface area contributed by atoms with Gasteiger partial charge in [0.05, 0.1) is 17.9 Å². The van der Waals surface area contributed by atoms with Gasteiger partial charge in [-0.05, 0) is 17.5 Å². The Bertz CT molecular complexity index is 510. The predicted octanol–water partition coefficient (Wildman–Crippen LogP) is 3.54. The van der Waals surface area contributed by atoms with E-state index in [0.29, 0.717) is 16.3 Å². The van der Waals surface area contributed by atoms with Crippen LogP contribution in [0.3, 0.4) is 0 Å². The maximum absolute atomic E-state index is 11.1. The van der Waals surface area contributed by atoms with Crippen molar-refractivity contribution in [3.63, 3.8) is 0 Å². The van der Waals surface area contributed by atoms with Gasteiger partial charge in [-0.2, -0.15) is 0 Å². The average Bonchev–Trinajstić information content (AvgIpc) is 2.14. The first-order valence-corrected chi connectivity index (χ1v) is 7.89. The molecule has 1 rings (SSSR count). The van der Waals surface area contributed by atoms with Gasteiger partial charge in [0.2, 0.25) is 9.05 Å². The van der Waals surface area contributed by atoms with Crippen LogP contribution in [-0.2, 0) is 14.8 Å². The van der Waals surface area contributed by atoms with Crippen LogP contribution < -0.4 is 4.74 Å². The molecule has 1 aromatic rings. The number of rotatable bonds is 4. The summed E-state index contributed by atoms with van der Waals surface area (Å²) in [7, 11) is 3.06. The van der Waals surface area contributed by atoms with E-state index in [1.807, 2.05) is 13.8 Å². The second-order valence-corrected chi connectivity index (χ2v) is 7.22. The molecule has 0 fully saturated rings. The van der Waals surface area contributed by atoms with Gasteiger partial charge in [0, 0.05) is 16.2 Å². The van der Waals surface area contributed by atoms with Crippen LogP contribution in [0.4, 0.5) is 0 Å². The molecule has 0 unspecified atom stereocenters. The summed E-state index contributed by atoms with van der Waals surface area (Å²) in [6, 6.07) is 3.53. The number of hydrogen-bond donors (Lipinski definition) is 0. The Morgan fingerprint density at radius 3 is 2.35 bits per heavy atom. The van der Waals surface area contributed by atoms with E-state index in [1.54, 1.807) is 12.1 Å². The first-order valence-electron chi connectivity index (χ1n) is 5.03. The predicted molar refractivity (Wildman–Crippen MR) is 70.6 cm³/mol. The van der Waals surface area contributed by atoms with E-state index in [-0.39, 0.29) is 11.7 Å². The summed E-state index contributed by atoms with van der Waals surface area (Å²) in [5.41, 5.74) is 1.44. The quantitative estimate of drug-likeness (QED) is 0.798. The summed E-state index contributed by atoms with van der Waals surface area (Å²) in [4.78, 5) is 0. The van der Waals surface area contributed by atoms with E-state index in [9.17, 15) is 8.42 Å². The molecule has 1 aromatic carbocycles. The lowest BCUT2D eigenvalue weighted by Crippen LogP contribution is -2.01. The normalized spacial score (nSPS) is 11.9. The van der Waals surface area contributed by atoms with Crippen molar-refractivity contribution in [2.75, 3.05) is 7.11 Å². The van der Waals surface area contributed by atoms with Gasteiger partial charge in [0.25, 0.3) is 0 Å². The monoisotopic (exact) mass is 296 g/mol. The minimum absolute atomic E-state index is 0.246. The summed E-state index contributed by atoms with van der Waals surface area (Å²) in [5, 5.41) is 0.397. The third-order valence-electron chi connectivity index (χ3n) is 2.34. The van der Waals surface area contributed by atoms with Crippen LogP contribution in [0.15, 0.2) is 12.1 Å². The van der Waals surface area contributed by atoms with E-state index < -0.39 is 9.05 Å². The molecular formula is C11H14Cl2O3S. The summed E-state index contributed by atoms with van der Waals surface area (Å²) in [6.45, 7) is 3.99. The lowest BCUT2D eigenvalue weighted by Gasteiger charge is -2.13. The van der Waals surface area contributed by atoms with Crippen LogP contribution in [0.5, 0.6) is 5.75 Å². The molecule has 0 aromatic heterocycles. The molecule has 0 bridgehead atoms. The molecule has 0 aliphatic heterocycles. The molecule has 0 aliphatic rings. The molecule has 6 heteroatoms. The van der Waals surface area contributed by atoms with Crippen molar-refractivity contribution in [3.05, 3.63) is 28.3 Å². The van der Waals surface area contributed by atoms with Crippen molar-refractivity contribution in [1.82, 2.24) is 0 Å². The standard InChI is InChI=1S/C11H14Cl2O3S/c1-7(2)8-4-9(6-17(13,14)15)11(16-3)10(12)5-8/h4-5,7H,6H2,1-3H3. The van der Waals surface area contributed by atoms with Crippen LogP contribution in [0.2, 0.25) is 5.02 Å². The molecule has 96 valence electrons. The Balaban J connectivity index is 3.34. The lowest BCUT2D eigenvalue weighted by molar-refractivity contribution is 0.411. The lowest BCUT2D eigenvalue weighted by atomic mass is 10.0. The fourth-order valence-electron chi connectivity index (χ4n) is 1.53. The minimum atomic E-state index is -3.64. The van der Waals surface area contributed by atoms with Gasteiger partial charge in [-0.1, -0.05) is 31.5 Å². The first-order chi connectivity index (χ1) is 7.74. The second kappa shape index (κ2) is 5.46. The Hall–Kier alpha value is -0.450. The highest BCUT2D eigenvalue weighted by Gasteiger charge is 2.17. The highest BCUT2D eigenvalue weighted by molar-refractivity contribution is 8.13. The fraction of sp³-hybridized carbons (Fsp3) is 0.455. The largest absolute Gasteiger partial charge is 0.495 e. The van der Waals surface area contributed by atoms with Crippen molar-refractivity contribution in [2.24, 2.45) is 0 Å². The fourth-order valence-corrected chi connectivity index (χ4v) is 2.79. The highest BCUT2D eigenvalue weighted by Crippen LogP contribution is 2.34. The molecular weight excluding hydrogens is 283 g/mol. The molecule has 0 atom stereocenters. The Labute approximate surface area is 111 Å². The zero-order valence-corrected chi connectivity index (χ0v) is 12.2. The van der Waals surface area contributed by atoms with Crippen LogP contribution in [-0.4, -0.2) is 15.5 Å². The Morgan fingerprint density at radius 1 is 1.35 bits per heavy atom. The van der Waals surface area contributed by atoms with Crippen LogP contribution in [0, 0.1) is 0 Å². The third kappa shape index (κ3) is 4.05. The van der Waals surface area contributed by atoms with Crippen LogP contribution in [0.25, 0.3) is 0 Å². The maximum Gasteiger partial charge on any atom is 0.236 e. The smallest absolute Gasteiger partial charge is 0.236 e. The first kappa shape index (κ1) is 14.6. The SMILES string of the molecule is COc1c(Cl)cc(C(C)C)cc1CS(=O)(=O)Cl. The van der Waals surface area contributed by atoms with Gasteiger partial charge in [-0.3, -0.25) is 0 Å². The molecule has 3 nitrogen and oxygen atoms in total. The average molecular weight is 297 g/mol. The molecule has 0 aliphatic carbocycles. The van der Waals surface area contributed by atoms with Crippen molar-refractivity contribution in [1.29, 1.82) is 0 Å². The molecule has 0 amide bonds. The van der Waals surface area contributed by atoms with E-state index in [0.717, 1.165) is 5.56 Å². The molecule has 17 heavy (non-hydrogen) atoms. The number of halogens is 2. The topological polar surface area (TPSA) is 43.4 Å². The van der Waals surface area contributed by atoms with E-state index in [1.165, 1.54) is 7.11 Å². The molecule has 0 radical (unpaired) electrons. The maximum atomic E-state index is 11.1. The van der Waals surface area contributed by atoms with Gasteiger partial charge in [0.1, 0.15) is 5.75 Å².